The third-order valence-corrected chi connectivity index (χ3v) is 1.88. The lowest BCUT2D eigenvalue weighted by Crippen LogP contribution is -2.19. The van der Waals surface area contributed by atoms with Gasteiger partial charge in [-0.2, -0.15) is 0 Å². The minimum Gasteiger partial charge on any atom is -0.481 e. The van der Waals surface area contributed by atoms with Crippen LogP contribution in [0.25, 0.3) is 0 Å². The first kappa shape index (κ1) is 11.5. The maximum atomic E-state index is 10.5. The summed E-state index contributed by atoms with van der Waals surface area (Å²) < 4.78 is 10.1. The molecule has 82 valence electrons. The van der Waals surface area contributed by atoms with Crippen molar-refractivity contribution in [1.82, 2.24) is 4.98 Å². The van der Waals surface area contributed by atoms with E-state index in [0.717, 1.165) is 5.56 Å². The van der Waals surface area contributed by atoms with Gasteiger partial charge in [-0.25, -0.2) is 9.78 Å². The molecule has 1 heterocycles. The highest BCUT2D eigenvalue weighted by Gasteiger charge is 2.12. The van der Waals surface area contributed by atoms with Crippen molar-refractivity contribution in [3.05, 3.63) is 23.9 Å². The van der Waals surface area contributed by atoms with Gasteiger partial charge in [0.25, 0.3) is 0 Å². The van der Waals surface area contributed by atoms with E-state index in [9.17, 15) is 4.79 Å². The molecule has 0 aliphatic rings. The van der Waals surface area contributed by atoms with Gasteiger partial charge in [0.2, 0.25) is 5.88 Å². The molecule has 1 unspecified atom stereocenters. The number of aromatic nitrogens is 1. The lowest BCUT2D eigenvalue weighted by molar-refractivity contribution is -0.149. The van der Waals surface area contributed by atoms with Gasteiger partial charge in [0.1, 0.15) is 0 Å². The van der Waals surface area contributed by atoms with Crippen LogP contribution in [0, 0.1) is 0 Å². The molecule has 0 radical (unpaired) electrons. The summed E-state index contributed by atoms with van der Waals surface area (Å²) >= 11 is 0. The number of rotatable bonds is 5. The second-order valence-corrected chi connectivity index (χ2v) is 2.96. The molecule has 1 aromatic rings. The largest absolute Gasteiger partial charge is 0.481 e. The summed E-state index contributed by atoms with van der Waals surface area (Å²) in [6, 6.07) is 3.52. The zero-order valence-corrected chi connectivity index (χ0v) is 8.64. The molecule has 0 fully saturated rings. The summed E-state index contributed by atoms with van der Waals surface area (Å²) in [4.78, 5) is 14.5. The maximum Gasteiger partial charge on any atom is 0.332 e. The van der Waals surface area contributed by atoms with Gasteiger partial charge >= 0.3 is 5.97 Å². The third kappa shape index (κ3) is 3.21. The fourth-order valence-electron chi connectivity index (χ4n) is 1.00. The molecule has 0 aromatic carbocycles. The van der Waals surface area contributed by atoms with Crippen molar-refractivity contribution in [3.8, 4) is 5.88 Å². The summed E-state index contributed by atoms with van der Waals surface area (Å²) in [5, 5.41) is 8.61. The Hall–Kier alpha value is -1.62. The third-order valence-electron chi connectivity index (χ3n) is 1.88. The Labute approximate surface area is 87.7 Å². The van der Waals surface area contributed by atoms with E-state index < -0.39 is 12.1 Å². The van der Waals surface area contributed by atoms with E-state index >= 15 is 0 Å². The van der Waals surface area contributed by atoms with Gasteiger partial charge < -0.3 is 14.6 Å². The number of carboxylic acid groups (broad SMARTS) is 1. The van der Waals surface area contributed by atoms with Crippen molar-refractivity contribution < 1.29 is 19.4 Å². The van der Waals surface area contributed by atoms with E-state index in [-0.39, 0.29) is 6.61 Å². The molecule has 1 N–H and O–H groups in total. The maximum absolute atomic E-state index is 10.5. The highest BCUT2D eigenvalue weighted by atomic mass is 16.5. The van der Waals surface area contributed by atoms with Crippen LogP contribution in [0.3, 0.4) is 0 Å². The van der Waals surface area contributed by atoms with Crippen LogP contribution in [0.4, 0.5) is 0 Å². The van der Waals surface area contributed by atoms with Crippen LogP contribution in [-0.2, 0) is 16.1 Å². The quantitative estimate of drug-likeness (QED) is 0.789. The number of aliphatic carboxylic acids is 1. The second-order valence-electron chi connectivity index (χ2n) is 2.96. The molecule has 1 atom stereocenters. The first-order chi connectivity index (χ1) is 7.15. The lowest BCUT2D eigenvalue weighted by Gasteiger charge is -2.10. The van der Waals surface area contributed by atoms with Crippen molar-refractivity contribution >= 4 is 5.97 Å². The average Bonchev–Trinajstić information content (AvgIpc) is 2.26. The average molecular weight is 211 g/mol. The first-order valence-electron chi connectivity index (χ1n) is 4.47. The van der Waals surface area contributed by atoms with E-state index in [0.29, 0.717) is 5.88 Å². The van der Waals surface area contributed by atoms with E-state index in [2.05, 4.69) is 4.98 Å². The predicted octanol–water partition coefficient (Wildman–Crippen LogP) is 1.08. The van der Waals surface area contributed by atoms with E-state index in [1.54, 1.807) is 18.3 Å². The van der Waals surface area contributed by atoms with Crippen LogP contribution in [0.2, 0.25) is 0 Å². The fraction of sp³-hybridized carbons (Fsp3) is 0.400. The molecule has 1 aromatic heterocycles. The zero-order valence-electron chi connectivity index (χ0n) is 8.64. The van der Waals surface area contributed by atoms with Gasteiger partial charge in [0.05, 0.1) is 13.7 Å². The summed E-state index contributed by atoms with van der Waals surface area (Å²) in [6.07, 6.45) is 0.762. The van der Waals surface area contributed by atoms with Crippen molar-refractivity contribution in [2.24, 2.45) is 0 Å². The van der Waals surface area contributed by atoms with Crippen LogP contribution in [0.15, 0.2) is 18.3 Å². The Morgan fingerprint density at radius 1 is 1.67 bits per heavy atom. The number of nitrogens with zero attached hydrogens (tertiary/aromatic N) is 1. The smallest absolute Gasteiger partial charge is 0.332 e. The number of hydrogen-bond acceptors (Lipinski definition) is 4. The topological polar surface area (TPSA) is 68.7 Å². The number of carbonyl (C=O) groups is 1. The standard InChI is InChI=1S/C10H13NO4/c1-7(10(12)13)15-6-8-4-3-5-11-9(8)14-2/h3-5,7H,6H2,1-2H3,(H,12,13). The molecule has 0 saturated heterocycles. The summed E-state index contributed by atoms with van der Waals surface area (Å²) in [6.45, 7) is 1.65. The number of methoxy groups -OCH3 is 1. The van der Waals surface area contributed by atoms with Gasteiger partial charge in [-0.1, -0.05) is 0 Å². The number of pyridine rings is 1. The van der Waals surface area contributed by atoms with Crippen molar-refractivity contribution in [3.63, 3.8) is 0 Å². The molecule has 0 spiro atoms. The van der Waals surface area contributed by atoms with Crippen LogP contribution in [0.1, 0.15) is 12.5 Å². The monoisotopic (exact) mass is 211 g/mol. The van der Waals surface area contributed by atoms with Crippen LogP contribution in [0.5, 0.6) is 5.88 Å². The SMILES string of the molecule is COc1ncccc1COC(C)C(=O)O. The minimum atomic E-state index is -0.988. The van der Waals surface area contributed by atoms with Crippen molar-refractivity contribution in [1.29, 1.82) is 0 Å². The Bertz CT molecular complexity index is 340. The molecular weight excluding hydrogens is 198 g/mol. The molecule has 0 saturated carbocycles. The van der Waals surface area contributed by atoms with Crippen molar-refractivity contribution in [2.45, 2.75) is 19.6 Å². The Kier molecular flexibility index (Phi) is 4.05. The van der Waals surface area contributed by atoms with Gasteiger partial charge in [0, 0.05) is 11.8 Å². The van der Waals surface area contributed by atoms with E-state index in [4.69, 9.17) is 14.6 Å². The van der Waals surface area contributed by atoms with E-state index in [1.165, 1.54) is 14.0 Å². The van der Waals surface area contributed by atoms with Gasteiger partial charge in [-0.05, 0) is 19.1 Å². The molecule has 0 amide bonds. The lowest BCUT2D eigenvalue weighted by atomic mass is 10.3. The summed E-state index contributed by atoms with van der Waals surface area (Å²) in [5.74, 6) is -0.534. The fourth-order valence-corrected chi connectivity index (χ4v) is 1.00. The normalized spacial score (nSPS) is 12.1. The molecule has 0 aliphatic heterocycles. The molecule has 0 aliphatic carbocycles. The van der Waals surface area contributed by atoms with Crippen LogP contribution in [-0.4, -0.2) is 29.3 Å². The van der Waals surface area contributed by atoms with Crippen LogP contribution < -0.4 is 4.74 Å². The summed E-state index contributed by atoms with van der Waals surface area (Å²) in [7, 11) is 1.51. The highest BCUT2D eigenvalue weighted by Crippen LogP contribution is 2.15. The minimum absolute atomic E-state index is 0.171. The van der Waals surface area contributed by atoms with E-state index in [1.807, 2.05) is 0 Å². The predicted molar refractivity (Wildman–Crippen MR) is 52.7 cm³/mol. The number of carboxylic acids is 1. The molecule has 5 nitrogen and oxygen atoms in total. The Morgan fingerprint density at radius 2 is 2.40 bits per heavy atom. The highest BCUT2D eigenvalue weighted by molar-refractivity contribution is 5.71. The molecule has 15 heavy (non-hydrogen) atoms. The molecule has 1 rings (SSSR count). The molecule has 5 heteroatoms. The van der Waals surface area contributed by atoms with Gasteiger partial charge in [0.15, 0.2) is 6.10 Å². The Balaban J connectivity index is 2.60. The van der Waals surface area contributed by atoms with Gasteiger partial charge in [-0.3, -0.25) is 0 Å². The van der Waals surface area contributed by atoms with Crippen LogP contribution >= 0.6 is 0 Å². The Morgan fingerprint density at radius 3 is 3.00 bits per heavy atom. The second kappa shape index (κ2) is 5.31. The first-order valence-corrected chi connectivity index (χ1v) is 4.47. The molecular formula is C10H13NO4. The molecule has 0 bridgehead atoms. The number of ether oxygens (including phenoxy) is 2. The summed E-state index contributed by atoms with van der Waals surface area (Å²) in [5.41, 5.74) is 0.730. The number of hydrogen-bond donors (Lipinski definition) is 1. The zero-order chi connectivity index (χ0) is 11.3. The van der Waals surface area contributed by atoms with Crippen molar-refractivity contribution in [2.75, 3.05) is 7.11 Å². The van der Waals surface area contributed by atoms with Gasteiger partial charge in [-0.15, -0.1) is 0 Å².